The summed E-state index contributed by atoms with van der Waals surface area (Å²) in [7, 11) is -3.51. The predicted molar refractivity (Wildman–Crippen MR) is 105 cm³/mol. The Hall–Kier alpha value is -2.51. The third-order valence-corrected chi connectivity index (χ3v) is 6.72. The minimum atomic E-state index is -3.51. The molecule has 0 bridgehead atoms. The number of carbonyl (C=O) groups is 2. The molecule has 0 atom stereocenters. The van der Waals surface area contributed by atoms with E-state index in [0.717, 1.165) is 24.8 Å². The second-order valence-electron chi connectivity index (χ2n) is 6.69. The summed E-state index contributed by atoms with van der Waals surface area (Å²) >= 11 is 0. The Morgan fingerprint density at radius 2 is 1.50 bits per heavy atom. The molecule has 3 rings (SSSR count). The van der Waals surface area contributed by atoms with Gasteiger partial charge in [0.1, 0.15) is 0 Å². The molecule has 0 N–H and O–H groups in total. The molecule has 1 fully saturated rings. The van der Waals surface area contributed by atoms with Crippen LogP contribution in [0.3, 0.4) is 0 Å². The molecule has 0 saturated carbocycles. The lowest BCUT2D eigenvalue weighted by molar-refractivity contribution is 0.0474. The lowest BCUT2D eigenvalue weighted by atomic mass is 10.1. The monoisotopic (exact) mass is 401 g/mol. The van der Waals surface area contributed by atoms with Crippen LogP contribution in [0.25, 0.3) is 0 Å². The molecule has 148 valence electrons. The zero-order chi connectivity index (χ0) is 20.1. The Bertz CT molecular complexity index is 943. The molecule has 0 spiro atoms. The number of rotatable bonds is 7. The van der Waals surface area contributed by atoms with E-state index in [1.165, 1.54) is 28.6 Å². The number of hydrogen-bond acceptors (Lipinski definition) is 5. The average Bonchev–Trinajstić information content (AvgIpc) is 3.28. The number of carbonyl (C=O) groups excluding carboxylic acids is 2. The van der Waals surface area contributed by atoms with Crippen molar-refractivity contribution in [2.24, 2.45) is 0 Å². The van der Waals surface area contributed by atoms with Crippen molar-refractivity contribution in [2.75, 3.05) is 19.7 Å². The standard InChI is InChI=1S/C21H23NO5S/c1-2-16-5-7-18(8-6-16)21(24)27-15-20(23)17-9-11-19(12-10-17)28(25,26)22-13-3-4-14-22/h5-12H,2-4,13-15H2,1H3. The van der Waals surface area contributed by atoms with E-state index < -0.39 is 22.6 Å². The van der Waals surface area contributed by atoms with Gasteiger partial charge < -0.3 is 4.74 Å². The lowest BCUT2D eigenvalue weighted by Gasteiger charge is -2.15. The zero-order valence-corrected chi connectivity index (χ0v) is 16.6. The maximum Gasteiger partial charge on any atom is 0.338 e. The molecule has 0 amide bonds. The number of benzene rings is 2. The minimum Gasteiger partial charge on any atom is -0.454 e. The Morgan fingerprint density at radius 1 is 0.929 bits per heavy atom. The van der Waals surface area contributed by atoms with Crippen molar-refractivity contribution in [3.63, 3.8) is 0 Å². The molecule has 2 aromatic carbocycles. The van der Waals surface area contributed by atoms with Crippen molar-refractivity contribution >= 4 is 21.8 Å². The first-order chi connectivity index (χ1) is 13.4. The topological polar surface area (TPSA) is 80.8 Å². The average molecular weight is 401 g/mol. The van der Waals surface area contributed by atoms with Crippen LogP contribution in [0.4, 0.5) is 0 Å². The number of ether oxygens (including phenoxy) is 1. The van der Waals surface area contributed by atoms with Crippen LogP contribution in [0.15, 0.2) is 53.4 Å². The van der Waals surface area contributed by atoms with Crippen LogP contribution in [0.5, 0.6) is 0 Å². The number of nitrogens with zero attached hydrogens (tertiary/aromatic N) is 1. The Labute approximate surface area is 165 Å². The molecule has 7 heteroatoms. The van der Waals surface area contributed by atoms with Gasteiger partial charge in [0, 0.05) is 18.7 Å². The van der Waals surface area contributed by atoms with Crippen LogP contribution in [0, 0.1) is 0 Å². The number of aryl methyl sites for hydroxylation is 1. The second kappa shape index (κ2) is 8.67. The van der Waals surface area contributed by atoms with Crippen LogP contribution < -0.4 is 0 Å². The first-order valence-electron chi connectivity index (χ1n) is 9.31. The number of hydrogen-bond donors (Lipinski definition) is 0. The van der Waals surface area contributed by atoms with E-state index in [9.17, 15) is 18.0 Å². The highest BCUT2D eigenvalue weighted by Crippen LogP contribution is 2.21. The molecule has 1 aliphatic heterocycles. The summed E-state index contributed by atoms with van der Waals surface area (Å²) < 4.78 is 31.5. The third-order valence-electron chi connectivity index (χ3n) is 4.81. The van der Waals surface area contributed by atoms with Gasteiger partial charge in [0.25, 0.3) is 0 Å². The highest BCUT2D eigenvalue weighted by molar-refractivity contribution is 7.89. The van der Waals surface area contributed by atoms with Gasteiger partial charge in [-0.15, -0.1) is 0 Å². The summed E-state index contributed by atoms with van der Waals surface area (Å²) in [5.41, 5.74) is 1.79. The molecule has 0 aliphatic carbocycles. The summed E-state index contributed by atoms with van der Waals surface area (Å²) in [6.07, 6.45) is 2.60. The summed E-state index contributed by atoms with van der Waals surface area (Å²) in [4.78, 5) is 24.5. The molecule has 6 nitrogen and oxygen atoms in total. The largest absolute Gasteiger partial charge is 0.454 e. The lowest BCUT2D eigenvalue weighted by Crippen LogP contribution is -2.27. The first kappa shape index (κ1) is 20.2. The van der Waals surface area contributed by atoms with Gasteiger partial charge in [0.15, 0.2) is 12.4 Å². The summed E-state index contributed by atoms with van der Waals surface area (Å²) in [6.45, 7) is 2.68. The van der Waals surface area contributed by atoms with E-state index >= 15 is 0 Å². The van der Waals surface area contributed by atoms with E-state index in [1.807, 2.05) is 19.1 Å². The van der Waals surface area contributed by atoms with Gasteiger partial charge in [-0.25, -0.2) is 13.2 Å². The van der Waals surface area contributed by atoms with Gasteiger partial charge in [-0.05, 0) is 61.2 Å². The maximum atomic E-state index is 12.5. The summed E-state index contributed by atoms with van der Waals surface area (Å²) in [5, 5.41) is 0. The molecular weight excluding hydrogens is 378 g/mol. The van der Waals surface area contributed by atoms with Crippen molar-refractivity contribution in [1.82, 2.24) is 4.31 Å². The van der Waals surface area contributed by atoms with E-state index in [0.29, 0.717) is 24.2 Å². The Balaban J connectivity index is 1.60. The molecule has 1 heterocycles. The molecule has 0 unspecified atom stereocenters. The SMILES string of the molecule is CCc1ccc(C(=O)OCC(=O)c2ccc(S(=O)(=O)N3CCCC3)cc2)cc1. The van der Waals surface area contributed by atoms with Crippen molar-refractivity contribution < 1.29 is 22.7 Å². The van der Waals surface area contributed by atoms with Crippen molar-refractivity contribution in [2.45, 2.75) is 31.1 Å². The fraction of sp³-hybridized carbons (Fsp3) is 0.333. The fourth-order valence-corrected chi connectivity index (χ4v) is 4.58. The van der Waals surface area contributed by atoms with Crippen LogP contribution in [0.1, 0.15) is 46.0 Å². The molecular formula is C21H23NO5S. The Kier molecular flexibility index (Phi) is 6.26. The first-order valence-corrected chi connectivity index (χ1v) is 10.8. The van der Waals surface area contributed by atoms with Crippen molar-refractivity contribution in [1.29, 1.82) is 0 Å². The minimum absolute atomic E-state index is 0.166. The van der Waals surface area contributed by atoms with Gasteiger partial charge in [-0.2, -0.15) is 4.31 Å². The molecule has 1 saturated heterocycles. The van der Waals surface area contributed by atoms with Crippen LogP contribution in [-0.2, 0) is 21.2 Å². The fourth-order valence-electron chi connectivity index (χ4n) is 3.06. The number of ketones is 1. The maximum absolute atomic E-state index is 12.5. The molecule has 2 aromatic rings. The van der Waals surface area contributed by atoms with Crippen molar-refractivity contribution in [3.05, 3.63) is 65.2 Å². The predicted octanol–water partition coefficient (Wildman–Crippen LogP) is 3.07. The second-order valence-corrected chi connectivity index (χ2v) is 8.62. The number of Topliss-reactive ketones (excluding diaryl/α,β-unsaturated/α-hetero) is 1. The molecule has 0 radical (unpaired) electrons. The molecule has 1 aliphatic rings. The number of sulfonamides is 1. The van der Waals surface area contributed by atoms with E-state index in [2.05, 4.69) is 0 Å². The van der Waals surface area contributed by atoms with E-state index in [1.54, 1.807) is 12.1 Å². The highest BCUT2D eigenvalue weighted by Gasteiger charge is 2.27. The zero-order valence-electron chi connectivity index (χ0n) is 15.8. The van der Waals surface area contributed by atoms with Crippen LogP contribution in [0.2, 0.25) is 0 Å². The summed E-state index contributed by atoms with van der Waals surface area (Å²) in [6, 6.07) is 12.8. The van der Waals surface area contributed by atoms with Gasteiger partial charge in [0.05, 0.1) is 10.5 Å². The third kappa shape index (κ3) is 4.48. The molecule has 28 heavy (non-hydrogen) atoms. The highest BCUT2D eigenvalue weighted by atomic mass is 32.2. The summed E-state index contributed by atoms with van der Waals surface area (Å²) in [5.74, 6) is -0.951. The van der Waals surface area contributed by atoms with Crippen molar-refractivity contribution in [3.8, 4) is 0 Å². The van der Waals surface area contributed by atoms with Gasteiger partial charge in [-0.3, -0.25) is 4.79 Å². The van der Waals surface area contributed by atoms with Gasteiger partial charge in [0.2, 0.25) is 10.0 Å². The smallest absolute Gasteiger partial charge is 0.338 e. The Morgan fingerprint density at radius 3 is 2.07 bits per heavy atom. The van der Waals surface area contributed by atoms with Crippen LogP contribution >= 0.6 is 0 Å². The van der Waals surface area contributed by atoms with Gasteiger partial charge >= 0.3 is 5.97 Å². The van der Waals surface area contributed by atoms with E-state index in [-0.39, 0.29) is 10.7 Å². The van der Waals surface area contributed by atoms with E-state index in [4.69, 9.17) is 4.74 Å². The van der Waals surface area contributed by atoms with Gasteiger partial charge in [-0.1, -0.05) is 19.1 Å². The normalized spacial score (nSPS) is 14.8. The molecule has 0 aromatic heterocycles. The quantitative estimate of drug-likeness (QED) is 0.526. The van der Waals surface area contributed by atoms with Crippen LogP contribution in [-0.4, -0.2) is 44.2 Å². The number of esters is 1.